The quantitative estimate of drug-likeness (QED) is 0.838. The summed E-state index contributed by atoms with van der Waals surface area (Å²) < 4.78 is 6.79. The van der Waals surface area contributed by atoms with Crippen LogP contribution in [0.5, 0.6) is 5.75 Å². The Morgan fingerprint density at radius 3 is 3.08 bits per heavy atom. The number of carbonyl (C=O) groups is 2. The minimum atomic E-state index is -0.188. The van der Waals surface area contributed by atoms with Gasteiger partial charge >= 0.3 is 0 Å². The van der Waals surface area contributed by atoms with Gasteiger partial charge in [0.15, 0.2) is 0 Å². The molecule has 0 aliphatic carbocycles. The van der Waals surface area contributed by atoms with Crippen molar-refractivity contribution in [3.05, 3.63) is 36.9 Å². The molecule has 1 aromatic heterocycles. The van der Waals surface area contributed by atoms with Crippen LogP contribution in [0.2, 0.25) is 0 Å². The Kier molecular flexibility index (Phi) is 4.74. The molecule has 0 saturated carbocycles. The van der Waals surface area contributed by atoms with Crippen LogP contribution in [-0.2, 0) is 16.1 Å². The third-order valence-corrected chi connectivity index (χ3v) is 3.89. The summed E-state index contributed by atoms with van der Waals surface area (Å²) in [5.74, 6) is 0.584. The lowest BCUT2D eigenvalue weighted by atomic mass is 10.2. The summed E-state index contributed by atoms with van der Waals surface area (Å²) in [6.07, 6.45) is 3.59. The van der Waals surface area contributed by atoms with Crippen molar-refractivity contribution in [2.45, 2.75) is 25.4 Å². The molecule has 24 heavy (non-hydrogen) atoms. The fourth-order valence-electron chi connectivity index (χ4n) is 2.70. The third kappa shape index (κ3) is 3.70. The highest BCUT2D eigenvalue weighted by atomic mass is 16.5. The van der Waals surface area contributed by atoms with Gasteiger partial charge in [0.1, 0.15) is 18.4 Å². The molecule has 0 bridgehead atoms. The average molecular weight is 329 g/mol. The SMILES string of the molecule is COc1cccc(N2CC(NC(=O)CCn3cncn3)CC2=O)c1. The number of ether oxygens (including phenoxy) is 1. The number of amides is 2. The molecule has 1 fully saturated rings. The molecule has 2 heterocycles. The molecule has 1 N–H and O–H groups in total. The van der Waals surface area contributed by atoms with Crippen LogP contribution in [0.1, 0.15) is 12.8 Å². The lowest BCUT2D eigenvalue weighted by Gasteiger charge is -2.18. The van der Waals surface area contributed by atoms with Gasteiger partial charge in [0.05, 0.1) is 19.7 Å². The molecule has 2 amide bonds. The molecule has 2 aromatic rings. The molecule has 0 radical (unpaired) electrons. The van der Waals surface area contributed by atoms with Gasteiger partial charge in [-0.15, -0.1) is 0 Å². The minimum Gasteiger partial charge on any atom is -0.497 e. The first-order valence-corrected chi connectivity index (χ1v) is 7.72. The van der Waals surface area contributed by atoms with Gasteiger partial charge in [-0.25, -0.2) is 4.98 Å². The summed E-state index contributed by atoms with van der Waals surface area (Å²) in [6.45, 7) is 0.924. The molecule has 1 aliphatic heterocycles. The Morgan fingerprint density at radius 1 is 1.46 bits per heavy atom. The van der Waals surface area contributed by atoms with Crippen molar-refractivity contribution >= 4 is 17.5 Å². The van der Waals surface area contributed by atoms with E-state index in [0.29, 0.717) is 31.7 Å². The van der Waals surface area contributed by atoms with Crippen molar-refractivity contribution in [2.75, 3.05) is 18.6 Å². The van der Waals surface area contributed by atoms with E-state index in [1.54, 1.807) is 23.0 Å². The predicted octanol–water partition coefficient (Wildman–Crippen LogP) is 0.598. The Bertz CT molecular complexity index is 716. The first kappa shape index (κ1) is 16.0. The van der Waals surface area contributed by atoms with Crippen LogP contribution in [0.4, 0.5) is 5.69 Å². The topological polar surface area (TPSA) is 89.3 Å². The average Bonchev–Trinajstić information content (AvgIpc) is 3.22. The molecule has 1 unspecified atom stereocenters. The van der Waals surface area contributed by atoms with Crippen LogP contribution < -0.4 is 15.0 Å². The van der Waals surface area contributed by atoms with Crippen molar-refractivity contribution in [1.29, 1.82) is 0 Å². The third-order valence-electron chi connectivity index (χ3n) is 3.89. The first-order valence-electron chi connectivity index (χ1n) is 7.72. The lowest BCUT2D eigenvalue weighted by molar-refractivity contribution is -0.122. The first-order chi connectivity index (χ1) is 11.7. The van der Waals surface area contributed by atoms with Crippen LogP contribution in [0, 0.1) is 0 Å². The number of benzene rings is 1. The van der Waals surface area contributed by atoms with Crippen LogP contribution in [-0.4, -0.2) is 46.3 Å². The van der Waals surface area contributed by atoms with Gasteiger partial charge in [-0.2, -0.15) is 5.10 Å². The molecule has 1 aromatic carbocycles. The van der Waals surface area contributed by atoms with Crippen molar-refractivity contribution in [3.8, 4) is 5.75 Å². The summed E-state index contributed by atoms with van der Waals surface area (Å²) in [7, 11) is 1.59. The molecule has 126 valence electrons. The molecule has 3 rings (SSSR count). The molecular formula is C16H19N5O3. The number of carbonyl (C=O) groups excluding carboxylic acids is 2. The lowest BCUT2D eigenvalue weighted by Crippen LogP contribution is -2.37. The Labute approximate surface area is 139 Å². The van der Waals surface area contributed by atoms with Crippen molar-refractivity contribution in [1.82, 2.24) is 20.1 Å². The van der Waals surface area contributed by atoms with Crippen molar-refractivity contribution in [2.24, 2.45) is 0 Å². The Balaban J connectivity index is 1.55. The fourth-order valence-corrected chi connectivity index (χ4v) is 2.70. The largest absolute Gasteiger partial charge is 0.497 e. The molecule has 1 atom stereocenters. The Hall–Kier alpha value is -2.90. The zero-order valence-corrected chi connectivity index (χ0v) is 13.4. The van der Waals surface area contributed by atoms with Gasteiger partial charge in [-0.05, 0) is 12.1 Å². The monoisotopic (exact) mass is 329 g/mol. The molecule has 0 spiro atoms. The van der Waals surface area contributed by atoms with Crippen molar-refractivity contribution in [3.63, 3.8) is 0 Å². The second-order valence-electron chi connectivity index (χ2n) is 5.58. The van der Waals surface area contributed by atoms with Gasteiger partial charge in [0, 0.05) is 31.1 Å². The summed E-state index contributed by atoms with van der Waals surface area (Å²) in [6, 6.07) is 7.15. The van der Waals surface area contributed by atoms with Crippen LogP contribution in [0.3, 0.4) is 0 Å². The number of anilines is 1. The molecular weight excluding hydrogens is 310 g/mol. The number of hydrogen-bond donors (Lipinski definition) is 1. The van der Waals surface area contributed by atoms with E-state index in [1.807, 2.05) is 24.3 Å². The van der Waals surface area contributed by atoms with Crippen LogP contribution in [0.25, 0.3) is 0 Å². The van der Waals surface area contributed by atoms with E-state index in [4.69, 9.17) is 4.74 Å². The van der Waals surface area contributed by atoms with Gasteiger partial charge in [0.2, 0.25) is 11.8 Å². The highest BCUT2D eigenvalue weighted by molar-refractivity contribution is 5.97. The highest BCUT2D eigenvalue weighted by Gasteiger charge is 2.31. The maximum absolute atomic E-state index is 12.2. The van der Waals surface area contributed by atoms with E-state index in [1.165, 1.54) is 6.33 Å². The molecule has 1 aliphatic rings. The smallest absolute Gasteiger partial charge is 0.229 e. The van der Waals surface area contributed by atoms with E-state index in [0.717, 1.165) is 5.69 Å². The van der Waals surface area contributed by atoms with Gasteiger partial charge < -0.3 is 15.0 Å². The molecule has 8 nitrogen and oxygen atoms in total. The van der Waals surface area contributed by atoms with Crippen LogP contribution in [0.15, 0.2) is 36.9 Å². The number of nitrogens with one attached hydrogen (secondary N) is 1. The van der Waals surface area contributed by atoms with E-state index < -0.39 is 0 Å². The molecule has 8 heteroatoms. The normalized spacial score (nSPS) is 17.1. The highest BCUT2D eigenvalue weighted by Crippen LogP contribution is 2.25. The van der Waals surface area contributed by atoms with Gasteiger partial charge in [0.25, 0.3) is 0 Å². The zero-order valence-electron chi connectivity index (χ0n) is 13.4. The van der Waals surface area contributed by atoms with E-state index >= 15 is 0 Å². The van der Waals surface area contributed by atoms with E-state index in [-0.39, 0.29) is 17.9 Å². The number of aromatic nitrogens is 3. The van der Waals surface area contributed by atoms with Gasteiger partial charge in [-0.1, -0.05) is 6.07 Å². The second kappa shape index (κ2) is 7.12. The maximum atomic E-state index is 12.2. The van der Waals surface area contributed by atoms with E-state index in [2.05, 4.69) is 15.4 Å². The number of nitrogens with zero attached hydrogens (tertiary/aromatic N) is 4. The molecule has 1 saturated heterocycles. The summed E-state index contributed by atoms with van der Waals surface area (Å²) in [5, 5.41) is 6.86. The van der Waals surface area contributed by atoms with Crippen molar-refractivity contribution < 1.29 is 14.3 Å². The summed E-state index contributed by atoms with van der Waals surface area (Å²) in [4.78, 5) is 29.7. The zero-order chi connectivity index (χ0) is 16.9. The minimum absolute atomic E-state index is 0.00942. The second-order valence-corrected chi connectivity index (χ2v) is 5.58. The number of methoxy groups -OCH3 is 1. The number of aryl methyl sites for hydroxylation is 1. The van der Waals surface area contributed by atoms with E-state index in [9.17, 15) is 9.59 Å². The fraction of sp³-hybridized carbons (Fsp3) is 0.375. The number of rotatable bonds is 6. The maximum Gasteiger partial charge on any atom is 0.229 e. The summed E-state index contributed by atoms with van der Waals surface area (Å²) >= 11 is 0. The Morgan fingerprint density at radius 2 is 2.33 bits per heavy atom. The standard InChI is InChI=1S/C16H19N5O3/c1-24-14-4-2-3-13(8-14)21-9-12(7-16(21)23)19-15(22)5-6-20-11-17-10-18-20/h2-4,8,10-12H,5-7,9H2,1H3,(H,19,22). The summed E-state index contributed by atoms with van der Waals surface area (Å²) in [5.41, 5.74) is 0.777. The predicted molar refractivity (Wildman–Crippen MR) is 86.5 cm³/mol. The van der Waals surface area contributed by atoms with Crippen LogP contribution >= 0.6 is 0 Å². The number of hydrogen-bond acceptors (Lipinski definition) is 5. The van der Waals surface area contributed by atoms with Gasteiger partial charge in [-0.3, -0.25) is 14.3 Å².